The van der Waals surface area contributed by atoms with Gasteiger partial charge >= 0.3 is 0 Å². The van der Waals surface area contributed by atoms with Crippen LogP contribution in [0, 0.1) is 0 Å². The Bertz CT molecular complexity index is 1300. The van der Waals surface area contributed by atoms with Crippen LogP contribution in [0.2, 0.25) is 0 Å². The standard InChI is InChI=1S/C31H32N2O4/c1-36-27-19-18-24(21-28(27)37-2)32-31(23-14-8-4-9-15-23)26(20-22-12-6-3-7-13-22)29(34)33(30(31)35)25-16-10-5-11-17-25/h3-4,6-9,12-15,18-21,25,32H,5,10-11,16-17H2,1-2H3. The van der Waals surface area contributed by atoms with E-state index in [4.69, 9.17) is 9.47 Å². The molecule has 6 heteroatoms. The quantitative estimate of drug-likeness (QED) is 0.331. The lowest BCUT2D eigenvalue weighted by Gasteiger charge is -2.33. The van der Waals surface area contributed by atoms with Crippen molar-refractivity contribution < 1.29 is 19.1 Å². The maximum Gasteiger partial charge on any atom is 0.264 e. The third-order valence-electron chi connectivity index (χ3n) is 7.37. The number of nitrogens with one attached hydrogen (secondary N) is 1. The van der Waals surface area contributed by atoms with Crippen LogP contribution in [0.15, 0.2) is 84.4 Å². The first-order valence-electron chi connectivity index (χ1n) is 12.8. The second-order valence-electron chi connectivity index (χ2n) is 9.55. The van der Waals surface area contributed by atoms with Crippen LogP contribution < -0.4 is 14.8 Å². The summed E-state index contributed by atoms with van der Waals surface area (Å²) in [5, 5.41) is 3.50. The van der Waals surface area contributed by atoms with Crippen LogP contribution in [0.1, 0.15) is 43.2 Å². The molecule has 1 atom stereocenters. The van der Waals surface area contributed by atoms with E-state index >= 15 is 0 Å². The van der Waals surface area contributed by atoms with Crippen molar-refractivity contribution in [3.63, 3.8) is 0 Å². The van der Waals surface area contributed by atoms with Gasteiger partial charge in [-0.05, 0) is 42.2 Å². The Labute approximate surface area is 217 Å². The summed E-state index contributed by atoms with van der Waals surface area (Å²) in [5.41, 5.74) is 1.23. The molecule has 1 saturated carbocycles. The highest BCUT2D eigenvalue weighted by molar-refractivity contribution is 6.23. The van der Waals surface area contributed by atoms with Gasteiger partial charge in [-0.3, -0.25) is 14.5 Å². The van der Waals surface area contributed by atoms with Crippen LogP contribution >= 0.6 is 0 Å². The number of ether oxygens (including phenoxy) is 2. The van der Waals surface area contributed by atoms with Crippen molar-refractivity contribution in [1.29, 1.82) is 0 Å². The number of likely N-dealkylation sites (tertiary alicyclic amines) is 1. The normalized spacial score (nSPS) is 21.4. The number of carbonyl (C=O) groups excluding carboxylic acids is 2. The molecule has 2 fully saturated rings. The Balaban J connectivity index is 1.72. The zero-order valence-electron chi connectivity index (χ0n) is 21.3. The molecule has 1 aliphatic heterocycles. The number of hydrogen-bond acceptors (Lipinski definition) is 5. The molecule has 3 aromatic carbocycles. The van der Waals surface area contributed by atoms with Crippen molar-refractivity contribution in [2.45, 2.75) is 43.7 Å². The summed E-state index contributed by atoms with van der Waals surface area (Å²) in [6.45, 7) is 0. The van der Waals surface area contributed by atoms with Gasteiger partial charge in [-0.25, -0.2) is 0 Å². The molecule has 190 valence electrons. The average molecular weight is 497 g/mol. The molecule has 6 nitrogen and oxygen atoms in total. The highest BCUT2D eigenvalue weighted by Gasteiger charge is 2.58. The molecule has 0 spiro atoms. The first kappa shape index (κ1) is 24.6. The van der Waals surface area contributed by atoms with E-state index in [1.54, 1.807) is 26.4 Å². The molecule has 1 unspecified atom stereocenters. The number of imide groups is 1. The van der Waals surface area contributed by atoms with Gasteiger partial charge in [-0.15, -0.1) is 0 Å². The van der Waals surface area contributed by atoms with Crippen molar-refractivity contribution in [2.24, 2.45) is 0 Å². The van der Waals surface area contributed by atoms with E-state index in [9.17, 15) is 9.59 Å². The monoisotopic (exact) mass is 496 g/mol. The highest BCUT2D eigenvalue weighted by Crippen LogP contribution is 2.45. The fourth-order valence-electron chi connectivity index (χ4n) is 5.53. The molecule has 5 rings (SSSR count). The van der Waals surface area contributed by atoms with Gasteiger partial charge in [0.05, 0.1) is 19.8 Å². The predicted octanol–water partition coefficient (Wildman–Crippen LogP) is 5.80. The Morgan fingerprint density at radius 1 is 0.838 bits per heavy atom. The zero-order valence-corrected chi connectivity index (χ0v) is 21.3. The number of methoxy groups -OCH3 is 2. The van der Waals surface area contributed by atoms with E-state index in [0.29, 0.717) is 28.3 Å². The molecule has 1 heterocycles. The second kappa shape index (κ2) is 10.5. The summed E-state index contributed by atoms with van der Waals surface area (Å²) in [4.78, 5) is 30.3. The van der Waals surface area contributed by atoms with Crippen LogP contribution in [-0.2, 0) is 15.1 Å². The molecule has 0 radical (unpaired) electrons. The molecular formula is C31H32N2O4. The third kappa shape index (κ3) is 4.48. The minimum Gasteiger partial charge on any atom is -0.493 e. The fourth-order valence-corrected chi connectivity index (χ4v) is 5.53. The molecule has 37 heavy (non-hydrogen) atoms. The van der Waals surface area contributed by atoms with Crippen LogP contribution in [0.5, 0.6) is 11.5 Å². The molecule has 0 bridgehead atoms. The number of benzene rings is 3. The smallest absolute Gasteiger partial charge is 0.264 e. The molecular weight excluding hydrogens is 464 g/mol. The van der Waals surface area contributed by atoms with Crippen LogP contribution in [0.4, 0.5) is 5.69 Å². The van der Waals surface area contributed by atoms with E-state index in [0.717, 1.165) is 37.7 Å². The Hall–Kier alpha value is -4.06. The summed E-state index contributed by atoms with van der Waals surface area (Å²) in [6, 6.07) is 24.5. The Morgan fingerprint density at radius 3 is 2.14 bits per heavy atom. The highest BCUT2D eigenvalue weighted by atomic mass is 16.5. The van der Waals surface area contributed by atoms with Gasteiger partial charge in [0.25, 0.3) is 11.8 Å². The number of rotatable bonds is 7. The summed E-state index contributed by atoms with van der Waals surface area (Å²) < 4.78 is 10.9. The average Bonchev–Trinajstić information content (AvgIpc) is 3.16. The topological polar surface area (TPSA) is 67.9 Å². The van der Waals surface area contributed by atoms with E-state index in [2.05, 4.69) is 5.32 Å². The lowest BCUT2D eigenvalue weighted by Crippen LogP contribution is -2.48. The van der Waals surface area contributed by atoms with Gasteiger partial charge in [0.2, 0.25) is 0 Å². The zero-order chi connectivity index (χ0) is 25.8. The van der Waals surface area contributed by atoms with E-state index in [-0.39, 0.29) is 17.9 Å². The molecule has 1 aliphatic carbocycles. The van der Waals surface area contributed by atoms with Gasteiger partial charge in [0, 0.05) is 17.8 Å². The maximum absolute atomic E-state index is 14.6. The number of nitrogens with zero attached hydrogens (tertiary/aromatic N) is 1. The molecule has 3 aromatic rings. The first-order chi connectivity index (χ1) is 18.1. The molecule has 2 aliphatic rings. The number of hydrogen-bond donors (Lipinski definition) is 1. The van der Waals surface area contributed by atoms with Crippen LogP contribution in [0.25, 0.3) is 6.08 Å². The van der Waals surface area contributed by atoms with Crippen molar-refractivity contribution >= 4 is 23.6 Å². The molecule has 1 saturated heterocycles. The second-order valence-corrected chi connectivity index (χ2v) is 9.55. The molecule has 1 N–H and O–H groups in total. The van der Waals surface area contributed by atoms with E-state index in [1.165, 1.54) is 4.90 Å². The van der Waals surface area contributed by atoms with Crippen molar-refractivity contribution in [1.82, 2.24) is 4.90 Å². The van der Waals surface area contributed by atoms with Gasteiger partial charge in [0.1, 0.15) is 0 Å². The van der Waals surface area contributed by atoms with Crippen molar-refractivity contribution in [2.75, 3.05) is 19.5 Å². The SMILES string of the molecule is COc1ccc(NC2(c3ccccc3)C(=O)N(C3CCCCC3)C(=O)C2=Cc2ccccc2)cc1OC. The van der Waals surface area contributed by atoms with Gasteiger partial charge in [-0.1, -0.05) is 79.9 Å². The summed E-state index contributed by atoms with van der Waals surface area (Å²) in [7, 11) is 3.16. The lowest BCUT2D eigenvalue weighted by molar-refractivity contribution is -0.142. The minimum absolute atomic E-state index is 0.106. The van der Waals surface area contributed by atoms with Crippen molar-refractivity contribution in [3.05, 3.63) is 95.6 Å². The fraction of sp³-hybridized carbons (Fsp3) is 0.290. The van der Waals surface area contributed by atoms with Crippen LogP contribution in [0.3, 0.4) is 0 Å². The summed E-state index contributed by atoms with van der Waals surface area (Å²) in [5.74, 6) is 0.634. The third-order valence-corrected chi connectivity index (χ3v) is 7.37. The lowest BCUT2D eigenvalue weighted by atomic mass is 9.82. The molecule has 2 amide bonds. The summed E-state index contributed by atoms with van der Waals surface area (Å²) in [6.07, 6.45) is 6.67. The van der Waals surface area contributed by atoms with Gasteiger partial charge < -0.3 is 14.8 Å². The Kier molecular flexibility index (Phi) is 6.99. The molecule has 0 aromatic heterocycles. The van der Waals surface area contributed by atoms with Gasteiger partial charge in [0.15, 0.2) is 17.0 Å². The largest absolute Gasteiger partial charge is 0.493 e. The van der Waals surface area contributed by atoms with E-state index < -0.39 is 5.54 Å². The minimum atomic E-state index is -1.40. The number of carbonyl (C=O) groups is 2. The first-order valence-corrected chi connectivity index (χ1v) is 12.8. The Morgan fingerprint density at radius 2 is 1.49 bits per heavy atom. The van der Waals surface area contributed by atoms with Crippen molar-refractivity contribution in [3.8, 4) is 11.5 Å². The number of anilines is 1. The maximum atomic E-state index is 14.6. The predicted molar refractivity (Wildman–Crippen MR) is 144 cm³/mol. The van der Waals surface area contributed by atoms with Crippen LogP contribution in [-0.4, -0.2) is 37.0 Å². The van der Waals surface area contributed by atoms with Gasteiger partial charge in [-0.2, -0.15) is 0 Å². The number of amides is 2. The summed E-state index contributed by atoms with van der Waals surface area (Å²) >= 11 is 0. The van der Waals surface area contributed by atoms with E-state index in [1.807, 2.05) is 72.8 Å².